The van der Waals surface area contributed by atoms with E-state index >= 15 is 0 Å². The molecule has 1 heterocycles. The molecular weight excluding hydrogens is 586 g/mol. The molecule has 1 aliphatic rings. The Labute approximate surface area is 225 Å². The molecular formula is C25H17ClF10N2S. The number of benzene rings is 2. The molecule has 1 aromatic heterocycles. The van der Waals surface area contributed by atoms with E-state index < -0.39 is 52.6 Å². The molecule has 3 aromatic rings. The Morgan fingerprint density at radius 2 is 1.56 bits per heavy atom. The third-order valence-corrected chi connectivity index (χ3v) is 7.08. The van der Waals surface area contributed by atoms with Crippen LogP contribution in [0.2, 0.25) is 5.02 Å². The van der Waals surface area contributed by atoms with E-state index in [0.717, 1.165) is 32.2 Å². The lowest BCUT2D eigenvalue weighted by Gasteiger charge is -2.31. The summed E-state index contributed by atoms with van der Waals surface area (Å²) in [6, 6.07) is 4.32. The first-order valence-electron chi connectivity index (χ1n) is 11.3. The van der Waals surface area contributed by atoms with Crippen molar-refractivity contribution in [1.82, 2.24) is 9.78 Å². The third-order valence-electron chi connectivity index (χ3n) is 6.37. The predicted molar refractivity (Wildman–Crippen MR) is 128 cm³/mol. The molecule has 210 valence electrons. The van der Waals surface area contributed by atoms with E-state index in [1.54, 1.807) is 18.2 Å². The van der Waals surface area contributed by atoms with Crippen LogP contribution in [0.4, 0.5) is 43.9 Å². The van der Waals surface area contributed by atoms with Crippen LogP contribution in [0.5, 0.6) is 0 Å². The molecule has 0 unspecified atom stereocenters. The van der Waals surface area contributed by atoms with E-state index in [1.165, 1.54) is 0 Å². The molecule has 2 aromatic carbocycles. The Morgan fingerprint density at radius 1 is 0.949 bits per heavy atom. The Bertz CT molecular complexity index is 1400. The maximum absolute atomic E-state index is 14.6. The summed E-state index contributed by atoms with van der Waals surface area (Å²) in [4.78, 5) is 0.603. The fraction of sp³-hybridized carbons (Fsp3) is 0.360. The zero-order valence-corrected chi connectivity index (χ0v) is 21.3. The summed E-state index contributed by atoms with van der Waals surface area (Å²) in [5, 5.41) is 4.22. The molecule has 1 fully saturated rings. The average Bonchev–Trinajstić information content (AvgIpc) is 3.48. The van der Waals surface area contributed by atoms with Crippen molar-refractivity contribution < 1.29 is 43.9 Å². The monoisotopic (exact) mass is 602 g/mol. The first-order valence-corrected chi connectivity index (χ1v) is 12.1. The highest BCUT2D eigenvalue weighted by atomic mass is 35.5. The largest absolute Gasteiger partial charge is 0.435 e. The fourth-order valence-electron chi connectivity index (χ4n) is 4.19. The molecule has 39 heavy (non-hydrogen) atoms. The number of aromatic nitrogens is 2. The van der Waals surface area contributed by atoms with Gasteiger partial charge in [-0.1, -0.05) is 36.0 Å². The maximum atomic E-state index is 14.6. The van der Waals surface area contributed by atoms with Gasteiger partial charge in [0.25, 0.3) is 0 Å². The second kappa shape index (κ2) is 9.76. The summed E-state index contributed by atoms with van der Waals surface area (Å²) in [5.41, 5.74) is -10.5. The van der Waals surface area contributed by atoms with Crippen LogP contribution >= 0.6 is 23.8 Å². The lowest BCUT2D eigenvalue weighted by molar-refractivity contribution is -0.348. The molecule has 1 aliphatic carbocycles. The van der Waals surface area contributed by atoms with Gasteiger partial charge in [-0.15, -0.1) is 0 Å². The number of alkyl halides is 10. The molecule has 0 amide bonds. The van der Waals surface area contributed by atoms with Gasteiger partial charge < -0.3 is 0 Å². The van der Waals surface area contributed by atoms with Gasteiger partial charge in [0.1, 0.15) is 0 Å². The Hall–Kier alpha value is -2.67. The Balaban J connectivity index is 1.82. The van der Waals surface area contributed by atoms with Gasteiger partial charge in [-0.25, -0.2) is 9.07 Å². The third kappa shape index (κ3) is 5.52. The molecule has 0 saturated heterocycles. The van der Waals surface area contributed by atoms with Crippen molar-refractivity contribution in [2.45, 2.75) is 50.4 Å². The van der Waals surface area contributed by atoms with E-state index in [9.17, 15) is 43.9 Å². The van der Waals surface area contributed by atoms with Crippen LogP contribution in [0.1, 0.15) is 41.5 Å². The number of hydrogen-bond donors (Lipinski definition) is 0. The molecule has 0 bridgehead atoms. The quantitative estimate of drug-likeness (QED) is 0.159. The predicted octanol–water partition coefficient (Wildman–Crippen LogP) is 9.33. The molecule has 0 spiro atoms. The second-order valence-electron chi connectivity index (χ2n) is 9.28. The van der Waals surface area contributed by atoms with Gasteiger partial charge in [0, 0.05) is 32.8 Å². The lowest BCUT2D eigenvalue weighted by Crippen LogP contribution is -2.50. The topological polar surface area (TPSA) is 17.8 Å². The van der Waals surface area contributed by atoms with Gasteiger partial charge in [-0.3, -0.25) is 0 Å². The first-order chi connectivity index (χ1) is 17.8. The summed E-state index contributed by atoms with van der Waals surface area (Å²) in [6.07, 6.45) is -13.6. The Morgan fingerprint density at radius 3 is 2.10 bits per heavy atom. The molecule has 0 radical (unpaired) electrons. The number of halogens is 11. The zero-order chi connectivity index (χ0) is 29.1. The van der Waals surface area contributed by atoms with Crippen molar-refractivity contribution in [3.63, 3.8) is 0 Å². The van der Waals surface area contributed by atoms with Gasteiger partial charge in [-0.05, 0) is 61.4 Å². The number of nitrogens with zero attached hydrogens (tertiary/aromatic N) is 2. The summed E-state index contributed by atoms with van der Waals surface area (Å²) in [5.74, 6) is 0.462. The highest BCUT2D eigenvalue weighted by Gasteiger charge is 2.73. The Kier molecular flexibility index (Phi) is 7.33. The van der Waals surface area contributed by atoms with Gasteiger partial charge in [0.05, 0.1) is 17.4 Å². The van der Waals surface area contributed by atoms with E-state index in [-0.39, 0.29) is 11.6 Å². The second-order valence-corrected chi connectivity index (χ2v) is 10.2. The normalized spacial score (nSPS) is 15.1. The van der Waals surface area contributed by atoms with E-state index in [2.05, 4.69) is 5.10 Å². The maximum Gasteiger partial charge on any atom is 0.435 e. The SMILES string of the molecule is Cc1cc(C(F)(C(F)(F)F)C(F)(F)F)cc(C(F)(F)F)c1-n1cc(-c2ccc(Cl)c(C(=S)CC3CC3)c2)cn1. The number of thiocarbonyl (C=S) groups is 1. The van der Waals surface area contributed by atoms with Crippen molar-refractivity contribution in [2.24, 2.45) is 5.92 Å². The summed E-state index contributed by atoms with van der Waals surface area (Å²) >= 11 is 11.7. The van der Waals surface area contributed by atoms with E-state index in [4.69, 9.17) is 23.8 Å². The molecule has 2 nitrogen and oxygen atoms in total. The van der Waals surface area contributed by atoms with Crippen molar-refractivity contribution in [1.29, 1.82) is 0 Å². The van der Waals surface area contributed by atoms with Gasteiger partial charge in [0.2, 0.25) is 0 Å². The minimum atomic E-state index is -6.58. The number of rotatable bonds is 6. The minimum absolute atomic E-state index is 0.0869. The van der Waals surface area contributed by atoms with E-state index in [1.807, 2.05) is 0 Å². The minimum Gasteiger partial charge on any atom is -0.239 e. The van der Waals surface area contributed by atoms with Crippen molar-refractivity contribution in [3.8, 4) is 16.8 Å². The van der Waals surface area contributed by atoms with Crippen molar-refractivity contribution in [3.05, 3.63) is 70.0 Å². The molecule has 1 saturated carbocycles. The highest BCUT2D eigenvalue weighted by molar-refractivity contribution is 7.80. The van der Waals surface area contributed by atoms with Gasteiger partial charge >= 0.3 is 24.2 Å². The summed E-state index contributed by atoms with van der Waals surface area (Å²) in [7, 11) is 0. The first kappa shape index (κ1) is 29.3. The molecule has 0 N–H and O–H groups in total. The molecule has 0 atom stereocenters. The number of hydrogen-bond acceptors (Lipinski definition) is 2. The van der Waals surface area contributed by atoms with Gasteiger partial charge in [0.15, 0.2) is 0 Å². The molecule has 0 aliphatic heterocycles. The smallest absolute Gasteiger partial charge is 0.239 e. The highest BCUT2D eigenvalue weighted by Crippen LogP contribution is 2.54. The van der Waals surface area contributed by atoms with Crippen molar-refractivity contribution >= 4 is 28.7 Å². The standard InChI is InChI=1S/C25H17ClF10N2S/c1-12-6-16(22(27,24(31,32)33)25(34,35)36)9-18(23(28,29)30)21(12)38-11-15(10-37-38)14-4-5-19(26)17(8-14)20(39)7-13-2-3-13/h4-6,8-11,13H,2-3,7H2,1H3. The van der Waals surface area contributed by atoms with Crippen LogP contribution < -0.4 is 0 Å². The molecule has 4 rings (SSSR count). The van der Waals surface area contributed by atoms with Crippen LogP contribution in [0.25, 0.3) is 16.8 Å². The van der Waals surface area contributed by atoms with E-state index in [0.29, 0.717) is 38.0 Å². The van der Waals surface area contributed by atoms with Gasteiger partial charge in [-0.2, -0.15) is 44.6 Å². The summed E-state index contributed by atoms with van der Waals surface area (Å²) in [6.45, 7) is 0.833. The fourth-order valence-corrected chi connectivity index (χ4v) is 4.89. The number of aryl methyl sites for hydroxylation is 1. The zero-order valence-electron chi connectivity index (χ0n) is 19.7. The van der Waals surface area contributed by atoms with Crippen LogP contribution in [0.3, 0.4) is 0 Å². The van der Waals surface area contributed by atoms with Crippen LogP contribution in [-0.2, 0) is 11.8 Å². The van der Waals surface area contributed by atoms with Crippen LogP contribution in [-0.4, -0.2) is 27.0 Å². The molecule has 14 heteroatoms. The average molecular weight is 603 g/mol. The van der Waals surface area contributed by atoms with Crippen LogP contribution in [0.15, 0.2) is 42.7 Å². The van der Waals surface area contributed by atoms with Crippen LogP contribution in [0, 0.1) is 12.8 Å². The lowest BCUT2D eigenvalue weighted by atomic mass is 9.90. The summed E-state index contributed by atoms with van der Waals surface area (Å²) < 4.78 is 137. The van der Waals surface area contributed by atoms with Crippen molar-refractivity contribution in [2.75, 3.05) is 0 Å².